The van der Waals surface area contributed by atoms with E-state index < -0.39 is 0 Å². The largest absolute Gasteiger partial charge is 0.501 e. The summed E-state index contributed by atoms with van der Waals surface area (Å²) >= 11 is 0. The highest BCUT2D eigenvalue weighted by Crippen LogP contribution is 1.99. The minimum absolute atomic E-state index is 0.706. The van der Waals surface area contributed by atoms with Crippen molar-refractivity contribution in [3.8, 4) is 0 Å². The quantitative estimate of drug-likeness (QED) is 0.322. The predicted octanol–water partition coefficient (Wildman–Crippen LogP) is 2.67. The third kappa shape index (κ3) is 5.16. The number of ether oxygens (including phenoxy) is 1. The summed E-state index contributed by atoms with van der Waals surface area (Å²) in [6.45, 7) is 10.0. The normalized spacial score (nSPS) is 9.70. The average molecular weight is 138 g/mol. The Hall–Kier alpha value is -0.980. The fourth-order valence-electron chi connectivity index (χ4n) is 0.494. The monoisotopic (exact) mass is 138 g/mol. The van der Waals surface area contributed by atoms with Crippen LogP contribution >= 0.6 is 0 Å². The minimum atomic E-state index is 0.706. The topological polar surface area (TPSA) is 9.23 Å². The standard InChI is InChI=1S/C9H14O/c1-4-6-9(3)7-8-10-5-2/h4,7-8H,1,3,5-6H2,2H3/b8-7-. The molecule has 0 aromatic rings. The Morgan fingerprint density at radius 1 is 1.60 bits per heavy atom. The molecule has 0 aliphatic rings. The van der Waals surface area contributed by atoms with E-state index in [1.807, 2.05) is 19.1 Å². The molecule has 0 aromatic carbocycles. The van der Waals surface area contributed by atoms with Crippen molar-refractivity contribution >= 4 is 0 Å². The first-order valence-electron chi connectivity index (χ1n) is 3.38. The smallest absolute Gasteiger partial charge is 0.0845 e. The molecule has 0 N–H and O–H groups in total. The van der Waals surface area contributed by atoms with Gasteiger partial charge in [-0.1, -0.05) is 12.7 Å². The predicted molar refractivity (Wildman–Crippen MR) is 44.7 cm³/mol. The Labute approximate surface area is 62.7 Å². The fourth-order valence-corrected chi connectivity index (χ4v) is 0.494. The Morgan fingerprint density at radius 2 is 2.30 bits per heavy atom. The number of hydrogen-bond acceptors (Lipinski definition) is 1. The molecule has 0 saturated heterocycles. The zero-order chi connectivity index (χ0) is 7.82. The Morgan fingerprint density at radius 3 is 2.80 bits per heavy atom. The molecule has 10 heavy (non-hydrogen) atoms. The summed E-state index contributed by atoms with van der Waals surface area (Å²) < 4.78 is 4.97. The molecular weight excluding hydrogens is 124 g/mol. The van der Waals surface area contributed by atoms with Gasteiger partial charge in [-0.2, -0.15) is 0 Å². The van der Waals surface area contributed by atoms with E-state index in [1.165, 1.54) is 0 Å². The van der Waals surface area contributed by atoms with Gasteiger partial charge in [-0.3, -0.25) is 0 Å². The molecule has 0 aliphatic carbocycles. The van der Waals surface area contributed by atoms with E-state index in [0.29, 0.717) is 6.61 Å². The molecule has 0 saturated carbocycles. The third-order valence-electron chi connectivity index (χ3n) is 0.973. The van der Waals surface area contributed by atoms with Gasteiger partial charge in [0.05, 0.1) is 12.9 Å². The van der Waals surface area contributed by atoms with Crippen LogP contribution in [0, 0.1) is 0 Å². The molecule has 0 unspecified atom stereocenters. The average Bonchev–Trinajstić information content (AvgIpc) is 1.89. The van der Waals surface area contributed by atoms with Crippen LogP contribution in [0.2, 0.25) is 0 Å². The number of hydrogen-bond donors (Lipinski definition) is 0. The third-order valence-corrected chi connectivity index (χ3v) is 0.973. The SMILES string of the molecule is C=CCC(=C)/C=C\OCC. The molecule has 0 atom stereocenters. The van der Waals surface area contributed by atoms with Crippen LogP contribution in [0.1, 0.15) is 13.3 Å². The highest BCUT2D eigenvalue weighted by atomic mass is 16.5. The molecule has 0 aliphatic heterocycles. The van der Waals surface area contributed by atoms with E-state index in [2.05, 4.69) is 13.2 Å². The molecule has 0 amide bonds. The lowest BCUT2D eigenvalue weighted by Gasteiger charge is -1.93. The van der Waals surface area contributed by atoms with E-state index >= 15 is 0 Å². The molecule has 0 aromatic heterocycles. The summed E-state index contributed by atoms with van der Waals surface area (Å²) in [7, 11) is 0. The maximum Gasteiger partial charge on any atom is 0.0845 e. The van der Waals surface area contributed by atoms with Gasteiger partial charge in [0.25, 0.3) is 0 Å². The van der Waals surface area contributed by atoms with Gasteiger partial charge >= 0.3 is 0 Å². The molecule has 0 fully saturated rings. The molecule has 0 rings (SSSR count). The first-order chi connectivity index (χ1) is 4.81. The molecule has 0 spiro atoms. The highest BCUT2D eigenvalue weighted by Gasteiger charge is 1.80. The van der Waals surface area contributed by atoms with Crippen LogP contribution in [0.3, 0.4) is 0 Å². The van der Waals surface area contributed by atoms with Crippen molar-refractivity contribution in [1.82, 2.24) is 0 Å². The molecular formula is C9H14O. The zero-order valence-electron chi connectivity index (χ0n) is 6.47. The van der Waals surface area contributed by atoms with Crippen molar-refractivity contribution < 1.29 is 4.74 Å². The van der Waals surface area contributed by atoms with Crippen molar-refractivity contribution in [3.05, 3.63) is 37.1 Å². The first kappa shape index (κ1) is 9.02. The Bertz CT molecular complexity index is 134. The summed E-state index contributed by atoms with van der Waals surface area (Å²) in [4.78, 5) is 0. The van der Waals surface area contributed by atoms with Crippen LogP contribution in [0.5, 0.6) is 0 Å². The summed E-state index contributed by atoms with van der Waals surface area (Å²) in [6.07, 6.45) is 6.15. The van der Waals surface area contributed by atoms with Crippen LogP contribution in [0.4, 0.5) is 0 Å². The van der Waals surface area contributed by atoms with E-state index in [0.717, 1.165) is 12.0 Å². The van der Waals surface area contributed by atoms with Gasteiger partial charge in [0.2, 0.25) is 0 Å². The second-order valence-electron chi connectivity index (χ2n) is 1.91. The second-order valence-corrected chi connectivity index (χ2v) is 1.91. The maximum atomic E-state index is 4.97. The highest BCUT2D eigenvalue weighted by molar-refractivity contribution is 5.15. The van der Waals surface area contributed by atoms with Gasteiger partial charge in [-0.25, -0.2) is 0 Å². The zero-order valence-corrected chi connectivity index (χ0v) is 6.47. The summed E-state index contributed by atoms with van der Waals surface area (Å²) in [5, 5.41) is 0. The summed E-state index contributed by atoms with van der Waals surface area (Å²) in [5.74, 6) is 0. The van der Waals surface area contributed by atoms with Gasteiger partial charge in [-0.15, -0.1) is 6.58 Å². The van der Waals surface area contributed by atoms with Gasteiger partial charge in [0.15, 0.2) is 0 Å². The van der Waals surface area contributed by atoms with Crippen molar-refractivity contribution in [2.45, 2.75) is 13.3 Å². The van der Waals surface area contributed by atoms with Gasteiger partial charge < -0.3 is 4.74 Å². The van der Waals surface area contributed by atoms with Crippen LogP contribution in [-0.2, 0) is 4.74 Å². The van der Waals surface area contributed by atoms with E-state index in [-0.39, 0.29) is 0 Å². The lowest BCUT2D eigenvalue weighted by atomic mass is 10.2. The molecule has 1 heteroatoms. The molecule has 0 bridgehead atoms. The van der Waals surface area contributed by atoms with E-state index in [1.54, 1.807) is 6.26 Å². The van der Waals surface area contributed by atoms with E-state index in [9.17, 15) is 0 Å². The van der Waals surface area contributed by atoms with Crippen LogP contribution in [0.25, 0.3) is 0 Å². The minimum Gasteiger partial charge on any atom is -0.501 e. The lowest BCUT2D eigenvalue weighted by molar-refractivity contribution is 0.269. The van der Waals surface area contributed by atoms with Gasteiger partial charge in [0.1, 0.15) is 0 Å². The van der Waals surface area contributed by atoms with Crippen LogP contribution in [-0.4, -0.2) is 6.61 Å². The molecule has 56 valence electrons. The summed E-state index contributed by atoms with van der Waals surface area (Å²) in [6, 6.07) is 0. The molecule has 1 nitrogen and oxygen atoms in total. The molecule has 0 radical (unpaired) electrons. The Balaban J connectivity index is 3.45. The van der Waals surface area contributed by atoms with Crippen molar-refractivity contribution in [2.24, 2.45) is 0 Å². The molecule has 0 heterocycles. The van der Waals surface area contributed by atoms with E-state index in [4.69, 9.17) is 4.74 Å². The van der Waals surface area contributed by atoms with Gasteiger partial charge in [0, 0.05) is 0 Å². The van der Waals surface area contributed by atoms with Crippen molar-refractivity contribution in [3.63, 3.8) is 0 Å². The lowest BCUT2D eigenvalue weighted by Crippen LogP contribution is -1.77. The first-order valence-corrected chi connectivity index (χ1v) is 3.38. The maximum absolute atomic E-state index is 4.97. The van der Waals surface area contributed by atoms with Crippen LogP contribution < -0.4 is 0 Å². The summed E-state index contributed by atoms with van der Waals surface area (Å²) in [5.41, 5.74) is 1.02. The number of allylic oxidation sites excluding steroid dienone is 3. The number of rotatable bonds is 5. The fraction of sp³-hybridized carbons (Fsp3) is 0.333. The Kier molecular flexibility index (Phi) is 5.54. The van der Waals surface area contributed by atoms with Crippen molar-refractivity contribution in [2.75, 3.05) is 6.61 Å². The van der Waals surface area contributed by atoms with Gasteiger partial charge in [-0.05, 0) is 25.0 Å². The van der Waals surface area contributed by atoms with Crippen molar-refractivity contribution in [1.29, 1.82) is 0 Å². The van der Waals surface area contributed by atoms with Crippen LogP contribution in [0.15, 0.2) is 37.1 Å². The second kappa shape index (κ2) is 6.14.